The van der Waals surface area contributed by atoms with Crippen molar-refractivity contribution in [1.82, 2.24) is 0 Å². The molecule has 1 amide bonds. The lowest BCUT2D eigenvalue weighted by Gasteiger charge is -2.32. The highest BCUT2D eigenvalue weighted by Gasteiger charge is 2.27. The SMILES string of the molecule is CC(C)(C)OC(=O)N1CCCc2cc(CCCCCOS(C)(=O)=O)ccc21. The van der Waals surface area contributed by atoms with Gasteiger partial charge in [-0.1, -0.05) is 18.6 Å². The third kappa shape index (κ3) is 7.50. The Morgan fingerprint density at radius 3 is 2.59 bits per heavy atom. The van der Waals surface area contributed by atoms with Gasteiger partial charge in [0, 0.05) is 6.54 Å². The van der Waals surface area contributed by atoms with E-state index in [2.05, 4.69) is 12.1 Å². The molecule has 7 heteroatoms. The molecule has 1 heterocycles. The number of rotatable bonds is 7. The second-order valence-electron chi connectivity index (χ2n) is 8.04. The van der Waals surface area contributed by atoms with Crippen LogP contribution in [0.5, 0.6) is 0 Å². The van der Waals surface area contributed by atoms with Gasteiger partial charge in [-0.15, -0.1) is 0 Å². The summed E-state index contributed by atoms with van der Waals surface area (Å²) in [6.07, 6.45) is 6.22. The molecule has 1 aliphatic rings. The van der Waals surface area contributed by atoms with Crippen molar-refractivity contribution in [2.45, 2.75) is 64.9 Å². The third-order valence-corrected chi connectivity index (χ3v) is 4.88. The van der Waals surface area contributed by atoms with E-state index in [0.29, 0.717) is 6.54 Å². The molecule has 0 aromatic heterocycles. The summed E-state index contributed by atoms with van der Waals surface area (Å²) in [5, 5.41) is 0. The van der Waals surface area contributed by atoms with Gasteiger partial charge < -0.3 is 4.74 Å². The summed E-state index contributed by atoms with van der Waals surface area (Å²) in [4.78, 5) is 14.2. The summed E-state index contributed by atoms with van der Waals surface area (Å²) >= 11 is 0. The Bertz CT molecular complexity index is 752. The predicted octanol–water partition coefficient (Wildman–Crippen LogP) is 4.06. The van der Waals surface area contributed by atoms with Gasteiger partial charge in [0.25, 0.3) is 10.1 Å². The van der Waals surface area contributed by atoms with Crippen LogP contribution < -0.4 is 4.90 Å². The van der Waals surface area contributed by atoms with E-state index in [1.165, 1.54) is 11.1 Å². The number of benzene rings is 1. The van der Waals surface area contributed by atoms with Crippen molar-refractivity contribution in [2.24, 2.45) is 0 Å². The molecule has 1 aromatic rings. The molecule has 0 aliphatic carbocycles. The molecule has 0 unspecified atom stereocenters. The molecule has 0 spiro atoms. The number of hydrogen-bond acceptors (Lipinski definition) is 5. The molecule has 152 valence electrons. The van der Waals surface area contributed by atoms with Crippen molar-refractivity contribution >= 4 is 21.9 Å². The van der Waals surface area contributed by atoms with Crippen molar-refractivity contribution in [3.8, 4) is 0 Å². The Balaban J connectivity index is 1.89. The monoisotopic (exact) mass is 397 g/mol. The standard InChI is InChI=1S/C20H31NO5S/c1-20(2,3)26-19(22)21-13-8-10-17-15-16(11-12-18(17)21)9-6-5-7-14-25-27(4,23)24/h11-12,15H,5-10,13-14H2,1-4H3. The molecule has 2 rings (SSSR count). The van der Waals surface area contributed by atoms with E-state index in [1.54, 1.807) is 4.90 Å². The fraction of sp³-hybridized carbons (Fsp3) is 0.650. The summed E-state index contributed by atoms with van der Waals surface area (Å²) < 4.78 is 32.1. The highest BCUT2D eigenvalue weighted by Crippen LogP contribution is 2.30. The van der Waals surface area contributed by atoms with Crippen LogP contribution >= 0.6 is 0 Å². The first-order valence-corrected chi connectivity index (χ1v) is 11.3. The van der Waals surface area contributed by atoms with Gasteiger partial charge in [-0.3, -0.25) is 9.08 Å². The van der Waals surface area contributed by atoms with Gasteiger partial charge in [-0.25, -0.2) is 4.79 Å². The zero-order chi connectivity index (χ0) is 20.1. The number of ether oxygens (including phenoxy) is 1. The van der Waals surface area contributed by atoms with Crippen molar-refractivity contribution < 1.29 is 22.1 Å². The van der Waals surface area contributed by atoms with Gasteiger partial charge in [0.15, 0.2) is 0 Å². The van der Waals surface area contributed by atoms with E-state index < -0.39 is 15.7 Å². The van der Waals surface area contributed by atoms with Crippen molar-refractivity contribution in [3.05, 3.63) is 29.3 Å². The molecule has 0 saturated heterocycles. The van der Waals surface area contributed by atoms with Crippen molar-refractivity contribution in [1.29, 1.82) is 0 Å². The highest BCUT2D eigenvalue weighted by molar-refractivity contribution is 7.85. The van der Waals surface area contributed by atoms with Crippen LogP contribution in [0.4, 0.5) is 10.5 Å². The Labute approximate surface area is 163 Å². The van der Waals surface area contributed by atoms with Crippen LogP contribution in [-0.4, -0.2) is 39.5 Å². The van der Waals surface area contributed by atoms with Gasteiger partial charge in [-0.2, -0.15) is 8.42 Å². The number of carbonyl (C=O) groups is 1. The second-order valence-corrected chi connectivity index (χ2v) is 9.68. The lowest BCUT2D eigenvalue weighted by atomic mass is 9.97. The molecule has 1 aliphatic heterocycles. The van der Waals surface area contributed by atoms with Gasteiger partial charge in [0.05, 0.1) is 18.6 Å². The van der Waals surface area contributed by atoms with Crippen LogP contribution in [0.15, 0.2) is 18.2 Å². The summed E-state index contributed by atoms with van der Waals surface area (Å²) in [5.41, 5.74) is 2.87. The van der Waals surface area contributed by atoms with Crippen LogP contribution in [0.25, 0.3) is 0 Å². The van der Waals surface area contributed by atoms with Crippen LogP contribution in [0.2, 0.25) is 0 Å². The topological polar surface area (TPSA) is 72.9 Å². The number of unbranched alkanes of at least 4 members (excludes halogenated alkanes) is 2. The molecule has 0 N–H and O–H groups in total. The summed E-state index contributed by atoms with van der Waals surface area (Å²) in [6.45, 7) is 6.55. The molecular formula is C20H31NO5S. The number of carbonyl (C=O) groups excluding carboxylic acids is 1. The van der Waals surface area contributed by atoms with E-state index >= 15 is 0 Å². The van der Waals surface area contributed by atoms with Crippen LogP contribution in [0, 0.1) is 0 Å². The number of hydrogen-bond donors (Lipinski definition) is 0. The van der Waals surface area contributed by atoms with E-state index in [9.17, 15) is 13.2 Å². The molecule has 1 aromatic carbocycles. The Kier molecular flexibility index (Phi) is 7.28. The minimum atomic E-state index is -3.34. The normalized spacial score (nSPS) is 14.7. The molecule has 0 radical (unpaired) electrons. The van der Waals surface area contributed by atoms with Gasteiger partial charge in [-0.05, 0) is 70.1 Å². The van der Waals surface area contributed by atoms with E-state index in [0.717, 1.165) is 50.5 Å². The molecule has 27 heavy (non-hydrogen) atoms. The number of fused-ring (bicyclic) bond motifs is 1. The summed E-state index contributed by atoms with van der Waals surface area (Å²) in [7, 11) is -3.34. The van der Waals surface area contributed by atoms with E-state index in [1.807, 2.05) is 26.8 Å². The minimum absolute atomic E-state index is 0.244. The van der Waals surface area contributed by atoms with Crippen molar-refractivity contribution in [2.75, 3.05) is 24.3 Å². The second kappa shape index (κ2) is 9.06. The zero-order valence-electron chi connectivity index (χ0n) is 16.8. The van der Waals surface area contributed by atoms with Crippen molar-refractivity contribution in [3.63, 3.8) is 0 Å². The van der Waals surface area contributed by atoms with Gasteiger partial charge >= 0.3 is 6.09 Å². The maximum absolute atomic E-state index is 12.5. The first-order chi connectivity index (χ1) is 12.6. The Morgan fingerprint density at radius 1 is 1.19 bits per heavy atom. The van der Waals surface area contributed by atoms with Crippen LogP contribution in [0.3, 0.4) is 0 Å². The first-order valence-electron chi connectivity index (χ1n) is 9.52. The zero-order valence-corrected chi connectivity index (χ0v) is 17.6. The number of aryl methyl sites for hydroxylation is 2. The number of amides is 1. The molecular weight excluding hydrogens is 366 g/mol. The fourth-order valence-corrected chi connectivity index (χ4v) is 3.55. The lowest BCUT2D eigenvalue weighted by Crippen LogP contribution is -2.39. The average Bonchev–Trinajstić information content (AvgIpc) is 2.54. The van der Waals surface area contributed by atoms with Gasteiger partial charge in [0.2, 0.25) is 0 Å². The van der Waals surface area contributed by atoms with Gasteiger partial charge in [0.1, 0.15) is 5.60 Å². The maximum Gasteiger partial charge on any atom is 0.414 e. The van der Waals surface area contributed by atoms with E-state index in [4.69, 9.17) is 8.92 Å². The molecule has 0 atom stereocenters. The van der Waals surface area contributed by atoms with Crippen LogP contribution in [0.1, 0.15) is 57.6 Å². The fourth-order valence-electron chi connectivity index (χ4n) is 3.13. The molecule has 0 saturated carbocycles. The highest BCUT2D eigenvalue weighted by atomic mass is 32.2. The molecule has 0 bridgehead atoms. The van der Waals surface area contributed by atoms with Crippen LogP contribution in [-0.2, 0) is 31.9 Å². The molecule has 6 nitrogen and oxygen atoms in total. The first kappa shape index (κ1) is 21.7. The van der Waals surface area contributed by atoms with E-state index in [-0.39, 0.29) is 12.7 Å². The summed E-state index contributed by atoms with van der Waals surface area (Å²) in [6, 6.07) is 6.26. The summed E-state index contributed by atoms with van der Waals surface area (Å²) in [5.74, 6) is 0. The minimum Gasteiger partial charge on any atom is -0.443 e. The molecule has 0 fully saturated rings. The quantitative estimate of drug-likeness (QED) is 0.512. The number of anilines is 1. The smallest absolute Gasteiger partial charge is 0.414 e. The number of nitrogens with zero attached hydrogens (tertiary/aromatic N) is 1. The Morgan fingerprint density at radius 2 is 1.93 bits per heavy atom. The predicted molar refractivity (Wildman–Crippen MR) is 107 cm³/mol. The Hall–Kier alpha value is -1.60. The largest absolute Gasteiger partial charge is 0.443 e. The third-order valence-electron chi connectivity index (χ3n) is 4.28. The average molecular weight is 398 g/mol. The maximum atomic E-state index is 12.5. The lowest BCUT2D eigenvalue weighted by molar-refractivity contribution is 0.0578.